The molecule has 0 fully saturated rings. The summed E-state index contributed by atoms with van der Waals surface area (Å²) in [6, 6.07) is 8.53. The van der Waals surface area contributed by atoms with E-state index in [4.69, 9.17) is 9.72 Å². The van der Waals surface area contributed by atoms with E-state index in [-0.39, 0.29) is 18.7 Å². The Labute approximate surface area is 189 Å². The monoisotopic (exact) mass is 448 g/mol. The molecule has 6 rings (SSSR count). The van der Waals surface area contributed by atoms with E-state index in [1.807, 2.05) is 6.92 Å². The van der Waals surface area contributed by atoms with E-state index in [1.165, 1.54) is 22.2 Å². The second kappa shape index (κ2) is 7.75. The number of fused-ring (bicyclic) bond motifs is 4. The topological polar surface area (TPSA) is 108 Å². The number of nitrogens with one attached hydrogen (secondary N) is 3. The molecule has 2 aliphatic rings. The first-order valence-corrected chi connectivity index (χ1v) is 11.7. The number of aliphatic hydroxyl groups is 1. The second-order valence-electron chi connectivity index (χ2n) is 8.36. The molecule has 0 saturated heterocycles. The lowest BCUT2D eigenvalue weighted by Crippen LogP contribution is -2.36. The summed E-state index contributed by atoms with van der Waals surface area (Å²) in [7, 11) is 0. The van der Waals surface area contributed by atoms with Crippen LogP contribution in [0.5, 0.6) is 5.75 Å². The summed E-state index contributed by atoms with van der Waals surface area (Å²) in [5, 5.41) is 18.8. The van der Waals surface area contributed by atoms with Gasteiger partial charge in [0.05, 0.1) is 22.5 Å². The van der Waals surface area contributed by atoms with Gasteiger partial charge in [-0.15, -0.1) is 11.3 Å². The smallest absolute Gasteiger partial charge is 0.204 e. The van der Waals surface area contributed by atoms with Crippen molar-refractivity contribution in [3.8, 4) is 16.5 Å². The third-order valence-electron chi connectivity index (χ3n) is 6.13. The van der Waals surface area contributed by atoms with Gasteiger partial charge in [0.25, 0.3) is 0 Å². The second-order valence-corrected chi connectivity index (χ2v) is 9.60. The molecule has 32 heavy (non-hydrogen) atoms. The molecule has 1 aliphatic carbocycles. The Bertz CT molecular complexity index is 1300. The number of nitrogens with zero attached hydrogens (tertiary/aromatic N) is 3. The standard InChI is InChI=1S/C23H24N6O2S/c1-12-24-9-19(32-12)21-28-22(20-23(29-21)26-14(10-30)11-31-20)25-13-6-7-18-16(8-13)15-4-2-3-5-17(15)27-18/h2-5,9,13-14,27,30H,6-8,10-11H2,1H3,(H2,25,26,28,29)/t13-,14-/m1/s1. The average molecular weight is 449 g/mol. The number of hydrogen-bond donors (Lipinski definition) is 4. The Morgan fingerprint density at radius 3 is 3.03 bits per heavy atom. The van der Waals surface area contributed by atoms with Gasteiger partial charge < -0.3 is 25.5 Å². The zero-order valence-electron chi connectivity index (χ0n) is 17.7. The highest BCUT2D eigenvalue weighted by molar-refractivity contribution is 7.14. The molecular weight excluding hydrogens is 424 g/mol. The van der Waals surface area contributed by atoms with E-state index in [0.29, 0.717) is 29.8 Å². The SMILES string of the molecule is Cc1ncc(-c2nc3c(c(N[C@@H]4CCc5[nH]c6ccccc6c5C4)n2)OC[C@@H](CO)N3)s1. The molecule has 4 N–H and O–H groups in total. The van der Waals surface area contributed by atoms with E-state index >= 15 is 0 Å². The van der Waals surface area contributed by atoms with E-state index in [0.717, 1.165) is 29.1 Å². The summed E-state index contributed by atoms with van der Waals surface area (Å²) in [5.41, 5.74) is 3.91. The van der Waals surface area contributed by atoms with Crippen LogP contribution in [0, 0.1) is 6.92 Å². The zero-order chi connectivity index (χ0) is 21.7. The highest BCUT2D eigenvalue weighted by Crippen LogP contribution is 2.38. The Hall–Kier alpha value is -3.17. The minimum absolute atomic E-state index is 0.0207. The number of aromatic nitrogens is 4. The van der Waals surface area contributed by atoms with Crippen LogP contribution in [0.2, 0.25) is 0 Å². The first-order chi connectivity index (χ1) is 15.7. The molecule has 0 amide bonds. The van der Waals surface area contributed by atoms with Crippen molar-refractivity contribution in [1.82, 2.24) is 19.9 Å². The fourth-order valence-corrected chi connectivity index (χ4v) is 5.27. The molecule has 3 aromatic heterocycles. The molecule has 2 atom stereocenters. The number of para-hydroxylation sites is 1. The minimum atomic E-state index is -0.190. The number of benzene rings is 1. The molecular formula is C23H24N6O2S. The molecule has 164 valence electrons. The third-order valence-corrected chi connectivity index (χ3v) is 7.04. The molecule has 9 heteroatoms. The van der Waals surface area contributed by atoms with Gasteiger partial charge in [0.1, 0.15) is 6.61 Å². The molecule has 1 aromatic carbocycles. The summed E-state index contributed by atoms with van der Waals surface area (Å²) in [6.07, 6.45) is 4.71. The van der Waals surface area contributed by atoms with Crippen molar-refractivity contribution < 1.29 is 9.84 Å². The molecule has 0 saturated carbocycles. The predicted octanol–water partition coefficient (Wildman–Crippen LogP) is 3.52. The van der Waals surface area contributed by atoms with Crippen LogP contribution in [0.1, 0.15) is 22.7 Å². The van der Waals surface area contributed by atoms with Gasteiger partial charge >= 0.3 is 0 Å². The zero-order valence-corrected chi connectivity index (χ0v) is 18.5. The fraction of sp³-hybridized carbons (Fsp3) is 0.348. The van der Waals surface area contributed by atoms with Crippen LogP contribution >= 0.6 is 11.3 Å². The number of aliphatic hydroxyl groups excluding tert-OH is 1. The van der Waals surface area contributed by atoms with Crippen LogP contribution in [-0.2, 0) is 12.8 Å². The lowest BCUT2D eigenvalue weighted by molar-refractivity contribution is 0.206. The van der Waals surface area contributed by atoms with Gasteiger partial charge in [-0.3, -0.25) is 0 Å². The molecule has 0 spiro atoms. The Morgan fingerprint density at radius 1 is 1.28 bits per heavy atom. The summed E-state index contributed by atoms with van der Waals surface area (Å²) in [5.74, 6) is 2.52. The van der Waals surface area contributed by atoms with E-state index < -0.39 is 0 Å². The van der Waals surface area contributed by atoms with Gasteiger partial charge in [-0.05, 0) is 37.8 Å². The fourth-order valence-electron chi connectivity index (χ4n) is 4.56. The predicted molar refractivity (Wildman–Crippen MR) is 126 cm³/mol. The number of thiazole rings is 1. The van der Waals surface area contributed by atoms with Gasteiger partial charge in [-0.25, -0.2) is 15.0 Å². The first-order valence-electron chi connectivity index (χ1n) is 10.9. The number of hydrogen-bond acceptors (Lipinski definition) is 8. The van der Waals surface area contributed by atoms with E-state index in [2.05, 4.69) is 49.9 Å². The molecule has 0 bridgehead atoms. The minimum Gasteiger partial charge on any atom is -0.484 e. The van der Waals surface area contributed by atoms with Crippen LogP contribution in [0.25, 0.3) is 21.6 Å². The summed E-state index contributed by atoms with van der Waals surface area (Å²) in [4.78, 5) is 18.4. The molecule has 4 aromatic rings. The van der Waals surface area contributed by atoms with Crippen LogP contribution in [0.3, 0.4) is 0 Å². The number of aryl methyl sites for hydroxylation is 2. The number of aromatic amines is 1. The maximum absolute atomic E-state index is 9.58. The highest BCUT2D eigenvalue weighted by Gasteiger charge is 2.28. The van der Waals surface area contributed by atoms with Gasteiger partial charge in [-0.2, -0.15) is 0 Å². The summed E-state index contributed by atoms with van der Waals surface area (Å²) < 4.78 is 5.99. The van der Waals surface area contributed by atoms with Gasteiger partial charge in [0.2, 0.25) is 5.75 Å². The number of ether oxygens (including phenoxy) is 1. The molecule has 4 heterocycles. The molecule has 1 aliphatic heterocycles. The number of anilines is 2. The van der Waals surface area contributed by atoms with Crippen molar-refractivity contribution in [3.63, 3.8) is 0 Å². The highest BCUT2D eigenvalue weighted by atomic mass is 32.1. The van der Waals surface area contributed by atoms with Crippen molar-refractivity contribution in [2.24, 2.45) is 0 Å². The van der Waals surface area contributed by atoms with Crippen molar-refractivity contribution in [3.05, 3.63) is 46.7 Å². The third kappa shape index (κ3) is 3.37. The number of rotatable bonds is 4. The maximum atomic E-state index is 9.58. The molecule has 0 radical (unpaired) electrons. The van der Waals surface area contributed by atoms with E-state index in [9.17, 15) is 5.11 Å². The van der Waals surface area contributed by atoms with Crippen molar-refractivity contribution in [1.29, 1.82) is 0 Å². The lowest BCUT2D eigenvalue weighted by atomic mass is 9.91. The van der Waals surface area contributed by atoms with Crippen molar-refractivity contribution in [2.45, 2.75) is 38.3 Å². The molecule has 0 unspecified atom stereocenters. The Balaban J connectivity index is 1.35. The lowest BCUT2D eigenvalue weighted by Gasteiger charge is -2.29. The van der Waals surface area contributed by atoms with Gasteiger partial charge in [-0.1, -0.05) is 18.2 Å². The largest absolute Gasteiger partial charge is 0.484 e. The van der Waals surface area contributed by atoms with Gasteiger partial charge in [0, 0.05) is 28.8 Å². The maximum Gasteiger partial charge on any atom is 0.204 e. The van der Waals surface area contributed by atoms with Crippen molar-refractivity contribution in [2.75, 3.05) is 23.8 Å². The molecule has 8 nitrogen and oxygen atoms in total. The normalized spacial score (nSPS) is 19.7. The summed E-state index contributed by atoms with van der Waals surface area (Å²) in [6.45, 7) is 2.32. The van der Waals surface area contributed by atoms with E-state index in [1.54, 1.807) is 17.5 Å². The summed E-state index contributed by atoms with van der Waals surface area (Å²) >= 11 is 1.56. The Kier molecular flexibility index (Phi) is 4.73. The first kappa shape index (κ1) is 19.5. The van der Waals surface area contributed by atoms with Crippen LogP contribution in [0.15, 0.2) is 30.5 Å². The van der Waals surface area contributed by atoms with Crippen LogP contribution in [-0.4, -0.2) is 50.3 Å². The Morgan fingerprint density at radius 2 is 2.19 bits per heavy atom. The van der Waals surface area contributed by atoms with Crippen LogP contribution in [0.4, 0.5) is 11.6 Å². The number of H-pyrrole nitrogens is 1. The van der Waals surface area contributed by atoms with Crippen LogP contribution < -0.4 is 15.4 Å². The quantitative estimate of drug-likeness (QED) is 0.378. The van der Waals surface area contributed by atoms with Crippen molar-refractivity contribution >= 4 is 33.9 Å². The average Bonchev–Trinajstić information content (AvgIpc) is 3.42. The van der Waals surface area contributed by atoms with Gasteiger partial charge in [0.15, 0.2) is 17.5 Å².